The number of halogens is 1. The van der Waals surface area contributed by atoms with Crippen molar-refractivity contribution in [3.8, 4) is 11.4 Å². The highest BCUT2D eigenvalue weighted by atomic mass is 32.2. The van der Waals surface area contributed by atoms with Gasteiger partial charge in [-0.1, -0.05) is 37.7 Å². The van der Waals surface area contributed by atoms with Crippen molar-refractivity contribution in [1.82, 2.24) is 23.9 Å². The Labute approximate surface area is 165 Å². The molecule has 9 heteroatoms. The first-order valence-electron chi connectivity index (χ1n) is 8.86. The minimum absolute atomic E-state index is 0.300. The zero-order valence-corrected chi connectivity index (χ0v) is 17.0. The molecule has 0 aliphatic rings. The molecule has 1 aromatic carbocycles. The van der Waals surface area contributed by atoms with E-state index < -0.39 is 0 Å². The van der Waals surface area contributed by atoms with Crippen LogP contribution in [0.4, 0.5) is 4.39 Å². The van der Waals surface area contributed by atoms with E-state index in [1.165, 1.54) is 35.5 Å². The zero-order chi connectivity index (χ0) is 20.4. The normalized spacial score (nSPS) is 11.4. The molecule has 0 aliphatic carbocycles. The summed E-state index contributed by atoms with van der Waals surface area (Å²) >= 11 is 1.36. The van der Waals surface area contributed by atoms with Crippen LogP contribution in [0.1, 0.15) is 19.5 Å². The SMILES string of the molecule is CC(C)Cn1c(SCc2cc(=O)n(C)c(=O)n2C)nnc1-c1ccccc1F. The standard InChI is InChI=1S/C19H22FN5O2S/c1-12(2)10-25-17(14-7-5-6-8-15(14)20)21-22-18(25)28-11-13-9-16(26)24(4)19(27)23(13)3/h5-9,12H,10-11H2,1-4H3. The van der Waals surface area contributed by atoms with Crippen LogP contribution in [0.3, 0.4) is 0 Å². The number of rotatable bonds is 6. The molecule has 0 spiro atoms. The lowest BCUT2D eigenvalue weighted by Gasteiger charge is -2.13. The lowest BCUT2D eigenvalue weighted by molar-refractivity contribution is 0.496. The van der Waals surface area contributed by atoms with Gasteiger partial charge in [-0.3, -0.25) is 13.9 Å². The third-order valence-electron chi connectivity index (χ3n) is 4.35. The fourth-order valence-corrected chi connectivity index (χ4v) is 3.79. The summed E-state index contributed by atoms with van der Waals surface area (Å²) in [7, 11) is 3.07. The number of nitrogens with zero attached hydrogens (tertiary/aromatic N) is 5. The van der Waals surface area contributed by atoms with E-state index in [4.69, 9.17) is 0 Å². The second-order valence-electron chi connectivity index (χ2n) is 6.95. The molecular weight excluding hydrogens is 381 g/mol. The Bertz CT molecular complexity index is 1120. The lowest BCUT2D eigenvalue weighted by Crippen LogP contribution is -2.37. The molecule has 2 heterocycles. The molecule has 0 fully saturated rings. The molecule has 0 saturated carbocycles. The molecule has 0 N–H and O–H groups in total. The maximum Gasteiger partial charge on any atom is 0.330 e. The molecule has 0 bridgehead atoms. The predicted octanol–water partition coefficient (Wildman–Crippen LogP) is 2.43. The Hall–Kier alpha value is -2.68. The Morgan fingerprint density at radius 3 is 2.50 bits per heavy atom. The highest BCUT2D eigenvalue weighted by Gasteiger charge is 2.18. The van der Waals surface area contributed by atoms with Gasteiger partial charge in [0.25, 0.3) is 5.56 Å². The molecule has 2 aromatic heterocycles. The fraction of sp³-hybridized carbons (Fsp3) is 0.368. The monoisotopic (exact) mass is 403 g/mol. The summed E-state index contributed by atoms with van der Waals surface area (Å²) in [6.07, 6.45) is 0. The lowest BCUT2D eigenvalue weighted by atomic mass is 10.2. The summed E-state index contributed by atoms with van der Waals surface area (Å²) in [5, 5.41) is 9.05. The third-order valence-corrected chi connectivity index (χ3v) is 5.35. The van der Waals surface area contributed by atoms with Crippen LogP contribution in [-0.4, -0.2) is 23.9 Å². The highest BCUT2D eigenvalue weighted by Crippen LogP contribution is 2.28. The van der Waals surface area contributed by atoms with E-state index in [0.29, 0.717) is 40.5 Å². The van der Waals surface area contributed by atoms with Gasteiger partial charge in [0.2, 0.25) is 0 Å². The van der Waals surface area contributed by atoms with Crippen molar-refractivity contribution in [3.63, 3.8) is 0 Å². The van der Waals surface area contributed by atoms with E-state index >= 15 is 0 Å². The molecule has 0 radical (unpaired) electrons. The maximum atomic E-state index is 14.3. The van der Waals surface area contributed by atoms with Crippen molar-refractivity contribution >= 4 is 11.8 Å². The number of aromatic nitrogens is 5. The van der Waals surface area contributed by atoms with Crippen molar-refractivity contribution in [2.24, 2.45) is 20.0 Å². The summed E-state index contributed by atoms with van der Waals surface area (Å²) < 4.78 is 18.7. The molecule has 0 unspecified atom stereocenters. The number of hydrogen-bond donors (Lipinski definition) is 0. The van der Waals surface area contributed by atoms with Crippen molar-refractivity contribution < 1.29 is 4.39 Å². The molecule has 7 nitrogen and oxygen atoms in total. The van der Waals surface area contributed by atoms with E-state index in [1.807, 2.05) is 4.57 Å². The fourth-order valence-electron chi connectivity index (χ4n) is 2.82. The van der Waals surface area contributed by atoms with E-state index in [9.17, 15) is 14.0 Å². The predicted molar refractivity (Wildman–Crippen MR) is 107 cm³/mol. The number of thioether (sulfide) groups is 1. The first-order valence-corrected chi connectivity index (χ1v) is 9.85. The topological polar surface area (TPSA) is 74.7 Å². The van der Waals surface area contributed by atoms with Gasteiger partial charge in [-0.05, 0) is 18.1 Å². The van der Waals surface area contributed by atoms with Gasteiger partial charge in [0, 0.05) is 38.2 Å². The molecule has 3 aromatic rings. The minimum Gasteiger partial charge on any atom is -0.302 e. The van der Waals surface area contributed by atoms with Gasteiger partial charge in [-0.25, -0.2) is 9.18 Å². The molecule has 0 saturated heterocycles. The number of hydrogen-bond acceptors (Lipinski definition) is 5. The molecular formula is C19H22FN5O2S. The molecule has 3 rings (SSSR count). The van der Waals surface area contributed by atoms with Gasteiger partial charge < -0.3 is 4.57 Å². The van der Waals surface area contributed by atoms with E-state index in [1.54, 1.807) is 25.2 Å². The van der Waals surface area contributed by atoms with Gasteiger partial charge in [0.15, 0.2) is 11.0 Å². The van der Waals surface area contributed by atoms with Crippen LogP contribution in [0, 0.1) is 11.7 Å². The molecule has 0 atom stereocenters. The van der Waals surface area contributed by atoms with E-state index in [0.717, 1.165) is 4.57 Å². The van der Waals surface area contributed by atoms with Gasteiger partial charge >= 0.3 is 5.69 Å². The van der Waals surface area contributed by atoms with Crippen molar-refractivity contribution in [2.45, 2.75) is 31.3 Å². The van der Waals surface area contributed by atoms with Crippen LogP contribution in [-0.2, 0) is 26.4 Å². The summed E-state index contributed by atoms with van der Waals surface area (Å²) in [5.74, 6) is 0.779. The van der Waals surface area contributed by atoms with Gasteiger partial charge in [-0.2, -0.15) is 0 Å². The summed E-state index contributed by atoms with van der Waals surface area (Å²) in [5.41, 5.74) is 0.251. The Kier molecular flexibility index (Phi) is 5.83. The molecule has 0 aliphatic heterocycles. The van der Waals surface area contributed by atoms with E-state index in [-0.39, 0.29) is 17.1 Å². The molecule has 28 heavy (non-hydrogen) atoms. The first kappa shape index (κ1) is 20.1. The van der Waals surface area contributed by atoms with E-state index in [2.05, 4.69) is 24.0 Å². The van der Waals surface area contributed by atoms with Crippen molar-refractivity contribution in [3.05, 3.63) is 62.7 Å². The smallest absolute Gasteiger partial charge is 0.302 e. The minimum atomic E-state index is -0.376. The van der Waals surface area contributed by atoms with Crippen molar-refractivity contribution in [1.29, 1.82) is 0 Å². The van der Waals surface area contributed by atoms with Crippen LogP contribution in [0.25, 0.3) is 11.4 Å². The van der Waals surface area contributed by atoms with Crippen LogP contribution < -0.4 is 11.2 Å². The zero-order valence-electron chi connectivity index (χ0n) is 16.2. The molecule has 148 valence electrons. The van der Waals surface area contributed by atoms with Gasteiger partial charge in [-0.15, -0.1) is 10.2 Å². The second kappa shape index (κ2) is 8.14. The maximum absolute atomic E-state index is 14.3. The second-order valence-corrected chi connectivity index (χ2v) is 7.90. The average molecular weight is 403 g/mol. The van der Waals surface area contributed by atoms with Crippen molar-refractivity contribution in [2.75, 3.05) is 0 Å². The molecule has 0 amide bonds. The van der Waals surface area contributed by atoms with Crippen LogP contribution in [0.2, 0.25) is 0 Å². The third kappa shape index (κ3) is 3.94. The van der Waals surface area contributed by atoms with Crippen LogP contribution in [0.15, 0.2) is 45.1 Å². The van der Waals surface area contributed by atoms with Crippen LogP contribution >= 0.6 is 11.8 Å². The summed E-state index contributed by atoms with van der Waals surface area (Å²) in [6.45, 7) is 4.74. The average Bonchev–Trinajstić information content (AvgIpc) is 3.04. The first-order chi connectivity index (χ1) is 13.3. The Balaban J connectivity index is 1.96. The summed E-state index contributed by atoms with van der Waals surface area (Å²) in [6, 6.07) is 7.90. The van der Waals surface area contributed by atoms with Gasteiger partial charge in [0.05, 0.1) is 5.56 Å². The largest absolute Gasteiger partial charge is 0.330 e. The summed E-state index contributed by atoms with van der Waals surface area (Å²) in [4.78, 5) is 24.0. The quantitative estimate of drug-likeness (QED) is 0.591. The van der Waals surface area contributed by atoms with Crippen LogP contribution in [0.5, 0.6) is 0 Å². The highest BCUT2D eigenvalue weighted by molar-refractivity contribution is 7.98. The number of benzene rings is 1. The Morgan fingerprint density at radius 2 is 1.82 bits per heavy atom. The van der Waals surface area contributed by atoms with Gasteiger partial charge in [0.1, 0.15) is 5.82 Å². The Morgan fingerprint density at radius 1 is 1.11 bits per heavy atom.